The predicted molar refractivity (Wildman–Crippen MR) is 90.4 cm³/mol. The Kier molecular flexibility index (Phi) is 5.31. The smallest absolute Gasteiger partial charge is 0.358 e. The molecule has 0 spiro atoms. The summed E-state index contributed by atoms with van der Waals surface area (Å²) in [6, 6.07) is 8.23. The second-order valence-electron chi connectivity index (χ2n) is 5.12. The first-order valence-electron chi connectivity index (χ1n) is 7.01. The minimum absolute atomic E-state index is 0.257. The lowest BCUT2D eigenvalue weighted by Gasteiger charge is -2.11. The summed E-state index contributed by atoms with van der Waals surface area (Å²) in [7, 11) is 0. The number of halogens is 1. The van der Waals surface area contributed by atoms with Crippen molar-refractivity contribution in [1.29, 1.82) is 5.26 Å². The molecule has 0 unspecified atom stereocenters. The Balaban J connectivity index is 2.16. The van der Waals surface area contributed by atoms with E-state index in [-0.39, 0.29) is 16.2 Å². The fourth-order valence-electron chi connectivity index (χ4n) is 2.13. The molecule has 0 aliphatic rings. The number of nitrogens with zero attached hydrogens (tertiary/aromatic N) is 4. The van der Waals surface area contributed by atoms with E-state index in [0.29, 0.717) is 17.8 Å². The van der Waals surface area contributed by atoms with E-state index in [2.05, 4.69) is 26.3 Å². The second-order valence-corrected chi connectivity index (χ2v) is 5.91. The van der Waals surface area contributed by atoms with E-state index >= 15 is 0 Å². The number of aromatic nitrogens is 2. The van der Waals surface area contributed by atoms with Crippen LogP contribution >= 0.6 is 15.9 Å². The highest BCUT2D eigenvalue weighted by atomic mass is 79.9. The molecule has 2 aromatic rings. The Morgan fingerprint density at radius 2 is 2.12 bits per heavy atom. The van der Waals surface area contributed by atoms with Crippen molar-refractivity contribution in [2.45, 2.75) is 26.3 Å². The van der Waals surface area contributed by atoms with Gasteiger partial charge in [-0.1, -0.05) is 12.1 Å². The maximum absolute atomic E-state index is 12.4. The molecule has 1 amide bonds. The molecule has 8 nitrogen and oxygen atoms in total. The lowest BCUT2D eigenvalue weighted by molar-refractivity contribution is -0.390. The van der Waals surface area contributed by atoms with Crippen LogP contribution in [0.2, 0.25) is 0 Å². The summed E-state index contributed by atoms with van der Waals surface area (Å²) in [5.74, 6) is -0.677. The average molecular weight is 392 g/mol. The van der Waals surface area contributed by atoms with Crippen LogP contribution in [0, 0.1) is 28.4 Å². The topological polar surface area (TPSA) is 114 Å². The first kappa shape index (κ1) is 17.6. The summed E-state index contributed by atoms with van der Waals surface area (Å²) < 4.78 is 1.56. The summed E-state index contributed by atoms with van der Waals surface area (Å²) >= 11 is 3.13. The SMILES string of the molecule is Cc1c(Br)c([N+](=O)[O-])nn1[C@@H](C)C(=O)Nc1ccc(CC#N)cc1. The fourth-order valence-corrected chi connectivity index (χ4v) is 2.54. The summed E-state index contributed by atoms with van der Waals surface area (Å²) in [6.07, 6.45) is 0.300. The number of hydrogen-bond acceptors (Lipinski definition) is 5. The number of anilines is 1. The molecule has 1 aromatic carbocycles. The van der Waals surface area contributed by atoms with Gasteiger partial charge in [-0.05, 0) is 52.4 Å². The lowest BCUT2D eigenvalue weighted by atomic mass is 10.1. The highest BCUT2D eigenvalue weighted by molar-refractivity contribution is 9.10. The minimum Gasteiger partial charge on any atom is -0.358 e. The number of nitrogens with one attached hydrogen (secondary N) is 1. The monoisotopic (exact) mass is 391 g/mol. The van der Waals surface area contributed by atoms with Gasteiger partial charge in [-0.2, -0.15) is 9.94 Å². The molecule has 9 heteroatoms. The lowest BCUT2D eigenvalue weighted by Crippen LogP contribution is -2.25. The standard InChI is InChI=1S/C15H14BrN5O3/c1-9-13(16)14(21(23)24)19-20(9)10(2)15(22)18-12-5-3-11(4-6-12)7-8-17/h3-6,10H,7H2,1-2H3,(H,18,22)/t10-/m0/s1. The first-order chi connectivity index (χ1) is 11.3. The van der Waals surface area contributed by atoms with Gasteiger partial charge >= 0.3 is 5.82 Å². The number of benzene rings is 1. The zero-order valence-corrected chi connectivity index (χ0v) is 14.6. The molecule has 0 fully saturated rings. The van der Waals surface area contributed by atoms with E-state index < -0.39 is 11.0 Å². The molecule has 1 heterocycles. The van der Waals surface area contributed by atoms with Crippen LogP contribution in [0.4, 0.5) is 11.5 Å². The quantitative estimate of drug-likeness (QED) is 0.620. The molecule has 0 aliphatic carbocycles. The molecule has 1 atom stereocenters. The van der Waals surface area contributed by atoms with E-state index in [9.17, 15) is 14.9 Å². The van der Waals surface area contributed by atoms with E-state index in [4.69, 9.17) is 5.26 Å². The number of rotatable bonds is 5. The Morgan fingerprint density at radius 3 is 2.62 bits per heavy atom. The van der Waals surface area contributed by atoms with Crippen molar-refractivity contribution in [3.8, 4) is 6.07 Å². The summed E-state index contributed by atoms with van der Waals surface area (Å²) in [6.45, 7) is 3.25. The molecule has 0 saturated heterocycles. The van der Waals surface area contributed by atoms with E-state index in [1.54, 1.807) is 38.1 Å². The van der Waals surface area contributed by atoms with Crippen LogP contribution in [0.5, 0.6) is 0 Å². The van der Waals surface area contributed by atoms with Gasteiger partial charge in [-0.25, -0.2) is 0 Å². The zero-order chi connectivity index (χ0) is 17.9. The summed E-state index contributed by atoms with van der Waals surface area (Å²) in [5.41, 5.74) is 1.92. The van der Waals surface area contributed by atoms with Gasteiger partial charge < -0.3 is 15.4 Å². The van der Waals surface area contributed by atoms with Crippen LogP contribution in [-0.2, 0) is 11.2 Å². The number of hydrogen-bond donors (Lipinski definition) is 1. The average Bonchev–Trinajstić information content (AvgIpc) is 2.85. The maximum atomic E-state index is 12.4. The molecule has 0 saturated carbocycles. The van der Waals surface area contributed by atoms with Crippen LogP contribution in [0.25, 0.3) is 0 Å². The molecule has 0 radical (unpaired) electrons. The first-order valence-corrected chi connectivity index (χ1v) is 7.80. The van der Waals surface area contributed by atoms with Gasteiger partial charge in [-0.15, -0.1) is 0 Å². The normalized spacial score (nSPS) is 11.6. The van der Waals surface area contributed by atoms with Crippen molar-refractivity contribution in [1.82, 2.24) is 9.78 Å². The van der Waals surface area contributed by atoms with Crippen molar-refractivity contribution in [3.05, 3.63) is 50.1 Å². The van der Waals surface area contributed by atoms with Crippen LogP contribution in [0.1, 0.15) is 24.2 Å². The van der Waals surface area contributed by atoms with E-state index in [1.165, 1.54) is 4.68 Å². The van der Waals surface area contributed by atoms with Crippen LogP contribution in [0.15, 0.2) is 28.7 Å². The predicted octanol–water partition coefficient (Wildman–Crippen LogP) is 3.13. The Bertz CT molecular complexity index is 823. The number of amides is 1. The van der Waals surface area contributed by atoms with Crippen LogP contribution in [0.3, 0.4) is 0 Å². The van der Waals surface area contributed by atoms with Gasteiger partial charge in [0.2, 0.25) is 0 Å². The molecule has 24 heavy (non-hydrogen) atoms. The third-order valence-corrected chi connectivity index (χ3v) is 4.41. The minimum atomic E-state index is -0.728. The number of carbonyl (C=O) groups is 1. The third kappa shape index (κ3) is 3.60. The molecule has 0 bridgehead atoms. The second kappa shape index (κ2) is 7.23. The van der Waals surface area contributed by atoms with E-state index in [1.807, 2.05) is 6.07 Å². The molecule has 1 aromatic heterocycles. The van der Waals surface area contributed by atoms with Crippen molar-refractivity contribution in [2.24, 2.45) is 0 Å². The van der Waals surface area contributed by atoms with E-state index in [0.717, 1.165) is 5.56 Å². The highest BCUT2D eigenvalue weighted by Crippen LogP contribution is 2.29. The molecule has 124 valence electrons. The molecular weight excluding hydrogens is 378 g/mol. The zero-order valence-electron chi connectivity index (χ0n) is 13.0. The molecule has 0 aliphatic heterocycles. The summed E-state index contributed by atoms with van der Waals surface area (Å²) in [5, 5.41) is 26.2. The Hall–Kier alpha value is -2.73. The Morgan fingerprint density at radius 1 is 1.50 bits per heavy atom. The number of nitriles is 1. The van der Waals surface area contributed by atoms with Gasteiger partial charge in [0.1, 0.15) is 10.5 Å². The van der Waals surface area contributed by atoms with Crippen molar-refractivity contribution in [2.75, 3.05) is 5.32 Å². The van der Waals surface area contributed by atoms with Gasteiger partial charge in [-0.3, -0.25) is 4.79 Å². The summed E-state index contributed by atoms with van der Waals surface area (Å²) in [4.78, 5) is 22.7. The van der Waals surface area contributed by atoms with Gasteiger partial charge in [0.25, 0.3) is 5.91 Å². The van der Waals surface area contributed by atoms with Crippen molar-refractivity contribution >= 4 is 33.3 Å². The van der Waals surface area contributed by atoms with Gasteiger partial charge in [0.15, 0.2) is 0 Å². The van der Waals surface area contributed by atoms with Crippen LogP contribution < -0.4 is 5.32 Å². The highest BCUT2D eigenvalue weighted by Gasteiger charge is 2.29. The van der Waals surface area contributed by atoms with Gasteiger partial charge in [0, 0.05) is 5.69 Å². The van der Waals surface area contributed by atoms with Gasteiger partial charge in [0.05, 0.1) is 23.3 Å². The number of carbonyl (C=O) groups excluding carboxylic acids is 1. The number of nitro groups is 1. The van der Waals surface area contributed by atoms with Crippen molar-refractivity contribution < 1.29 is 9.72 Å². The molecule has 1 N–H and O–H groups in total. The Labute approximate surface area is 146 Å². The molecule has 2 rings (SSSR count). The van der Waals surface area contributed by atoms with Crippen LogP contribution in [-0.4, -0.2) is 20.6 Å². The van der Waals surface area contributed by atoms with Crippen molar-refractivity contribution in [3.63, 3.8) is 0 Å². The fraction of sp³-hybridized carbons (Fsp3) is 0.267. The third-order valence-electron chi connectivity index (χ3n) is 3.48. The largest absolute Gasteiger partial charge is 0.404 e. The maximum Gasteiger partial charge on any atom is 0.404 e. The molecular formula is C15H14BrN5O3.